The Morgan fingerprint density at radius 1 is 1.60 bits per heavy atom. The number of terminal acetylenes is 1. The molecule has 0 atom stereocenters. The van der Waals surface area contributed by atoms with Gasteiger partial charge in [0.1, 0.15) is 0 Å². The van der Waals surface area contributed by atoms with Gasteiger partial charge in [0.15, 0.2) is 0 Å². The zero-order valence-corrected chi connectivity index (χ0v) is 9.53. The van der Waals surface area contributed by atoms with E-state index < -0.39 is 0 Å². The van der Waals surface area contributed by atoms with Crippen molar-refractivity contribution < 1.29 is 0 Å². The fourth-order valence-electron chi connectivity index (χ4n) is 1.30. The van der Waals surface area contributed by atoms with Crippen molar-refractivity contribution >= 4 is 0 Å². The third kappa shape index (κ3) is 4.66. The predicted octanol–water partition coefficient (Wildman–Crippen LogP) is 1.65. The SMILES string of the molecule is C#CCCn1cc(CNCC(C)C)cn1. The lowest BCUT2D eigenvalue weighted by atomic mass is 10.2. The second-order valence-electron chi connectivity index (χ2n) is 4.09. The average Bonchev–Trinajstić information content (AvgIpc) is 2.62. The summed E-state index contributed by atoms with van der Waals surface area (Å²) in [5.41, 5.74) is 1.22. The van der Waals surface area contributed by atoms with Crippen LogP contribution in [0.25, 0.3) is 0 Å². The molecule has 0 aromatic carbocycles. The highest BCUT2D eigenvalue weighted by Gasteiger charge is 1.98. The van der Waals surface area contributed by atoms with E-state index in [1.807, 2.05) is 17.1 Å². The Morgan fingerprint density at radius 2 is 2.40 bits per heavy atom. The number of rotatable bonds is 6. The molecular weight excluding hydrogens is 186 g/mol. The Morgan fingerprint density at radius 3 is 3.07 bits per heavy atom. The molecule has 1 rings (SSSR count). The molecule has 82 valence electrons. The first-order valence-corrected chi connectivity index (χ1v) is 5.38. The van der Waals surface area contributed by atoms with E-state index in [0.717, 1.165) is 26.1 Å². The molecule has 1 aromatic rings. The van der Waals surface area contributed by atoms with E-state index in [0.29, 0.717) is 5.92 Å². The maximum Gasteiger partial charge on any atom is 0.0534 e. The molecule has 0 aliphatic heterocycles. The number of nitrogens with one attached hydrogen (secondary N) is 1. The van der Waals surface area contributed by atoms with E-state index in [1.165, 1.54) is 5.56 Å². The van der Waals surface area contributed by atoms with E-state index in [4.69, 9.17) is 6.42 Å². The molecule has 0 amide bonds. The van der Waals surface area contributed by atoms with Gasteiger partial charge >= 0.3 is 0 Å². The van der Waals surface area contributed by atoms with Crippen LogP contribution in [0.5, 0.6) is 0 Å². The van der Waals surface area contributed by atoms with Crippen molar-refractivity contribution in [3.63, 3.8) is 0 Å². The van der Waals surface area contributed by atoms with Crippen LogP contribution >= 0.6 is 0 Å². The van der Waals surface area contributed by atoms with Crippen LogP contribution in [0.2, 0.25) is 0 Å². The number of nitrogens with zero attached hydrogens (tertiary/aromatic N) is 2. The van der Waals surface area contributed by atoms with Crippen LogP contribution < -0.4 is 5.32 Å². The van der Waals surface area contributed by atoms with E-state index in [9.17, 15) is 0 Å². The molecule has 0 aliphatic rings. The smallest absolute Gasteiger partial charge is 0.0534 e. The summed E-state index contributed by atoms with van der Waals surface area (Å²) < 4.78 is 1.90. The predicted molar refractivity (Wildman–Crippen MR) is 62.2 cm³/mol. The fourth-order valence-corrected chi connectivity index (χ4v) is 1.30. The van der Waals surface area contributed by atoms with Crippen LogP contribution in [0.1, 0.15) is 25.8 Å². The molecule has 0 saturated heterocycles. The zero-order valence-electron chi connectivity index (χ0n) is 9.53. The Kier molecular flexibility index (Phi) is 4.92. The standard InChI is InChI=1S/C12H19N3/c1-4-5-6-15-10-12(9-14-15)8-13-7-11(2)3/h1,9-11,13H,5-8H2,2-3H3. The summed E-state index contributed by atoms with van der Waals surface area (Å²) >= 11 is 0. The molecule has 0 aliphatic carbocycles. The summed E-state index contributed by atoms with van der Waals surface area (Å²) in [6.07, 6.45) is 9.87. The van der Waals surface area contributed by atoms with Crippen LogP contribution in [0.4, 0.5) is 0 Å². The molecule has 3 heteroatoms. The Labute approximate surface area is 91.9 Å². The van der Waals surface area contributed by atoms with E-state index in [-0.39, 0.29) is 0 Å². The number of aromatic nitrogens is 2. The number of hydrogen-bond acceptors (Lipinski definition) is 2. The highest BCUT2D eigenvalue weighted by molar-refractivity contribution is 5.03. The lowest BCUT2D eigenvalue weighted by Gasteiger charge is -2.04. The van der Waals surface area contributed by atoms with E-state index in [2.05, 4.69) is 30.2 Å². The molecule has 0 unspecified atom stereocenters. The van der Waals surface area contributed by atoms with Gasteiger partial charge in [-0.2, -0.15) is 5.10 Å². The lowest BCUT2D eigenvalue weighted by Crippen LogP contribution is -2.18. The van der Waals surface area contributed by atoms with Gasteiger partial charge in [-0.05, 0) is 12.5 Å². The molecule has 0 bridgehead atoms. The van der Waals surface area contributed by atoms with Gasteiger partial charge in [-0.25, -0.2) is 0 Å². The van der Waals surface area contributed by atoms with Gasteiger partial charge in [-0.1, -0.05) is 13.8 Å². The molecule has 0 spiro atoms. The van der Waals surface area contributed by atoms with E-state index >= 15 is 0 Å². The minimum absolute atomic E-state index is 0.682. The highest BCUT2D eigenvalue weighted by atomic mass is 15.3. The molecule has 1 N–H and O–H groups in total. The summed E-state index contributed by atoms with van der Waals surface area (Å²) in [5, 5.41) is 7.61. The highest BCUT2D eigenvalue weighted by Crippen LogP contribution is 1.98. The summed E-state index contributed by atoms with van der Waals surface area (Å²) in [4.78, 5) is 0. The summed E-state index contributed by atoms with van der Waals surface area (Å²) in [5.74, 6) is 3.29. The van der Waals surface area contributed by atoms with Crippen molar-refractivity contribution in [2.45, 2.75) is 33.4 Å². The Hall–Kier alpha value is -1.27. The fraction of sp³-hybridized carbons (Fsp3) is 0.583. The molecule has 3 nitrogen and oxygen atoms in total. The molecule has 0 fully saturated rings. The summed E-state index contributed by atoms with van der Waals surface area (Å²) in [7, 11) is 0. The van der Waals surface area contributed by atoms with E-state index in [1.54, 1.807) is 0 Å². The van der Waals surface area contributed by atoms with Crippen molar-refractivity contribution in [1.82, 2.24) is 15.1 Å². The van der Waals surface area contributed by atoms with Gasteiger partial charge in [0.2, 0.25) is 0 Å². The molecular formula is C12H19N3. The van der Waals surface area contributed by atoms with Gasteiger partial charge in [0.25, 0.3) is 0 Å². The van der Waals surface area contributed by atoms with Gasteiger partial charge in [0, 0.05) is 24.7 Å². The second kappa shape index (κ2) is 6.26. The van der Waals surface area contributed by atoms with Crippen LogP contribution in [-0.4, -0.2) is 16.3 Å². The maximum absolute atomic E-state index is 5.19. The van der Waals surface area contributed by atoms with Gasteiger partial charge in [-0.3, -0.25) is 4.68 Å². The van der Waals surface area contributed by atoms with Crippen LogP contribution in [0.3, 0.4) is 0 Å². The first kappa shape index (κ1) is 11.8. The molecule has 15 heavy (non-hydrogen) atoms. The van der Waals surface area contributed by atoms with Crippen molar-refractivity contribution in [3.05, 3.63) is 18.0 Å². The molecule has 1 aromatic heterocycles. The quantitative estimate of drug-likeness (QED) is 0.716. The van der Waals surface area contributed by atoms with Crippen molar-refractivity contribution in [2.24, 2.45) is 5.92 Å². The molecule has 0 saturated carbocycles. The van der Waals surface area contributed by atoms with Gasteiger partial charge in [0.05, 0.1) is 12.7 Å². The summed E-state index contributed by atoms with van der Waals surface area (Å²) in [6.45, 7) is 7.12. The average molecular weight is 205 g/mol. The number of aryl methyl sites for hydroxylation is 1. The van der Waals surface area contributed by atoms with Crippen LogP contribution in [-0.2, 0) is 13.1 Å². The van der Waals surface area contributed by atoms with Gasteiger partial charge in [-0.15, -0.1) is 12.3 Å². The number of hydrogen-bond donors (Lipinski definition) is 1. The largest absolute Gasteiger partial charge is 0.312 e. The molecule has 1 heterocycles. The maximum atomic E-state index is 5.19. The monoisotopic (exact) mass is 205 g/mol. The van der Waals surface area contributed by atoms with Crippen LogP contribution in [0, 0.1) is 18.3 Å². The van der Waals surface area contributed by atoms with Crippen LogP contribution in [0.15, 0.2) is 12.4 Å². The zero-order chi connectivity index (χ0) is 11.1. The Bertz CT molecular complexity index is 320. The summed E-state index contributed by atoms with van der Waals surface area (Å²) in [6, 6.07) is 0. The third-order valence-corrected chi connectivity index (χ3v) is 2.05. The first-order chi connectivity index (χ1) is 7.22. The normalized spacial score (nSPS) is 10.5. The second-order valence-corrected chi connectivity index (χ2v) is 4.09. The van der Waals surface area contributed by atoms with Crippen molar-refractivity contribution in [1.29, 1.82) is 0 Å². The van der Waals surface area contributed by atoms with Gasteiger partial charge < -0.3 is 5.32 Å². The third-order valence-electron chi connectivity index (χ3n) is 2.05. The lowest BCUT2D eigenvalue weighted by molar-refractivity contribution is 0.551. The molecule has 0 radical (unpaired) electrons. The minimum Gasteiger partial charge on any atom is -0.312 e. The minimum atomic E-state index is 0.682. The van der Waals surface area contributed by atoms with Crippen molar-refractivity contribution in [3.8, 4) is 12.3 Å². The Balaban J connectivity index is 2.30. The van der Waals surface area contributed by atoms with Crippen molar-refractivity contribution in [2.75, 3.05) is 6.54 Å². The topological polar surface area (TPSA) is 29.9 Å². The first-order valence-electron chi connectivity index (χ1n) is 5.38.